The van der Waals surface area contributed by atoms with Gasteiger partial charge in [0, 0.05) is 0 Å². The third kappa shape index (κ3) is 13.7. The van der Waals surface area contributed by atoms with Gasteiger partial charge < -0.3 is 29.9 Å². The second-order valence-corrected chi connectivity index (χ2v) is 10.4. The minimum absolute atomic E-state index is 0.396. The second kappa shape index (κ2) is 20.9. The van der Waals surface area contributed by atoms with E-state index in [1.807, 2.05) is 0 Å². The van der Waals surface area contributed by atoms with E-state index in [0.29, 0.717) is 12.5 Å². The molecule has 1 fully saturated rings. The van der Waals surface area contributed by atoms with E-state index in [0.717, 1.165) is 12.8 Å². The van der Waals surface area contributed by atoms with Crippen molar-refractivity contribution in [2.75, 3.05) is 13.2 Å². The second-order valence-electron chi connectivity index (χ2n) is 10.4. The summed E-state index contributed by atoms with van der Waals surface area (Å²) in [7, 11) is 0. The number of hydrogen-bond acceptors (Lipinski definition) is 6. The van der Waals surface area contributed by atoms with Crippen LogP contribution in [0.25, 0.3) is 0 Å². The fourth-order valence-electron chi connectivity index (χ4n) is 4.88. The minimum Gasteiger partial charge on any atom is -0.394 e. The predicted octanol–water partition coefficient (Wildman–Crippen LogP) is 5.48. The molecule has 34 heavy (non-hydrogen) atoms. The molecule has 0 aliphatic carbocycles. The van der Waals surface area contributed by atoms with E-state index < -0.39 is 37.3 Å². The highest BCUT2D eigenvalue weighted by Crippen LogP contribution is 2.25. The van der Waals surface area contributed by atoms with Gasteiger partial charge in [-0.05, 0) is 18.8 Å². The quantitative estimate of drug-likeness (QED) is 0.151. The van der Waals surface area contributed by atoms with Crippen LogP contribution in [0, 0.1) is 5.92 Å². The average molecular weight is 489 g/mol. The molecule has 0 aromatic carbocycles. The molecule has 1 heterocycles. The summed E-state index contributed by atoms with van der Waals surface area (Å²) in [5, 5.41) is 39.6. The molecule has 1 saturated heterocycles. The maximum atomic E-state index is 10.3. The van der Waals surface area contributed by atoms with Crippen LogP contribution in [0.3, 0.4) is 0 Å². The number of aliphatic hydroxyl groups excluding tert-OH is 4. The van der Waals surface area contributed by atoms with Gasteiger partial charge in [-0.3, -0.25) is 0 Å². The van der Waals surface area contributed by atoms with Crippen molar-refractivity contribution in [3.05, 3.63) is 0 Å². The van der Waals surface area contributed by atoms with Gasteiger partial charge in [0.05, 0.1) is 13.2 Å². The van der Waals surface area contributed by atoms with Gasteiger partial charge in [0.1, 0.15) is 24.4 Å². The van der Waals surface area contributed by atoms with Gasteiger partial charge in [-0.1, -0.05) is 117 Å². The van der Waals surface area contributed by atoms with Crippen molar-refractivity contribution >= 4 is 0 Å². The first kappa shape index (κ1) is 31.8. The molecule has 0 radical (unpaired) electrons. The van der Waals surface area contributed by atoms with E-state index in [-0.39, 0.29) is 0 Å². The van der Waals surface area contributed by atoms with Crippen molar-refractivity contribution in [3.8, 4) is 0 Å². The molecule has 3 unspecified atom stereocenters. The van der Waals surface area contributed by atoms with E-state index in [4.69, 9.17) is 9.47 Å². The summed E-state index contributed by atoms with van der Waals surface area (Å²) in [6.07, 6.45) is 17.0. The molecular formula is C28H56O6. The number of rotatable bonds is 22. The van der Waals surface area contributed by atoms with Gasteiger partial charge in [-0.25, -0.2) is 0 Å². The molecule has 0 aromatic heterocycles. The zero-order valence-electron chi connectivity index (χ0n) is 22.2. The Labute approximate surface area is 209 Å². The number of hydrogen-bond donors (Lipinski definition) is 4. The molecule has 0 spiro atoms. The maximum Gasteiger partial charge on any atom is 0.186 e. The topological polar surface area (TPSA) is 99.4 Å². The van der Waals surface area contributed by atoms with Crippen LogP contribution >= 0.6 is 0 Å². The molecule has 0 bridgehead atoms. The van der Waals surface area contributed by atoms with Crippen LogP contribution in [0.2, 0.25) is 0 Å². The van der Waals surface area contributed by atoms with E-state index in [2.05, 4.69) is 13.8 Å². The van der Waals surface area contributed by atoms with Gasteiger partial charge in [0.2, 0.25) is 0 Å². The first-order valence-corrected chi connectivity index (χ1v) is 14.5. The van der Waals surface area contributed by atoms with Crippen LogP contribution in [0.1, 0.15) is 129 Å². The molecule has 0 aromatic rings. The molecule has 0 amide bonds. The summed E-state index contributed by atoms with van der Waals surface area (Å²) in [4.78, 5) is 0. The summed E-state index contributed by atoms with van der Waals surface area (Å²) in [6.45, 7) is 4.53. The van der Waals surface area contributed by atoms with Crippen LogP contribution < -0.4 is 0 Å². The third-order valence-corrected chi connectivity index (χ3v) is 7.28. The minimum atomic E-state index is -1.38. The lowest BCUT2D eigenvalue weighted by molar-refractivity contribution is -0.303. The van der Waals surface area contributed by atoms with Crippen molar-refractivity contribution in [1.82, 2.24) is 0 Å². The van der Waals surface area contributed by atoms with E-state index in [1.165, 1.54) is 103 Å². The first-order chi connectivity index (χ1) is 16.5. The molecule has 4 N–H and O–H groups in total. The monoisotopic (exact) mass is 488 g/mol. The summed E-state index contributed by atoms with van der Waals surface area (Å²) in [5.74, 6) is 0.396. The fourth-order valence-corrected chi connectivity index (χ4v) is 4.88. The lowest BCUT2D eigenvalue weighted by atomic mass is 9.94. The van der Waals surface area contributed by atoms with E-state index >= 15 is 0 Å². The zero-order chi connectivity index (χ0) is 25.0. The van der Waals surface area contributed by atoms with Crippen LogP contribution in [-0.2, 0) is 9.47 Å². The van der Waals surface area contributed by atoms with Crippen molar-refractivity contribution in [2.45, 2.75) is 160 Å². The summed E-state index contributed by atoms with van der Waals surface area (Å²) >= 11 is 0. The number of unbranched alkanes of at least 4 members (excludes halogenated alkanes) is 14. The van der Waals surface area contributed by atoms with Crippen LogP contribution in [0.5, 0.6) is 0 Å². The van der Waals surface area contributed by atoms with Crippen LogP contribution in [0.15, 0.2) is 0 Å². The largest absolute Gasteiger partial charge is 0.394 e. The van der Waals surface area contributed by atoms with Gasteiger partial charge in [-0.2, -0.15) is 0 Å². The fraction of sp³-hybridized carbons (Fsp3) is 1.00. The van der Waals surface area contributed by atoms with E-state index in [9.17, 15) is 20.4 Å². The molecule has 1 rings (SSSR count). The Morgan fingerprint density at radius 1 is 0.618 bits per heavy atom. The molecule has 6 heteroatoms. The molecule has 1 aliphatic rings. The Hall–Kier alpha value is -0.240. The molecule has 6 atom stereocenters. The van der Waals surface area contributed by atoms with Crippen LogP contribution in [0.4, 0.5) is 0 Å². The summed E-state index contributed by atoms with van der Waals surface area (Å²) in [5.41, 5.74) is 0. The molecule has 6 nitrogen and oxygen atoms in total. The highest BCUT2D eigenvalue weighted by atomic mass is 16.7. The maximum absolute atomic E-state index is 10.3. The van der Waals surface area contributed by atoms with Gasteiger partial charge in [0.25, 0.3) is 0 Å². The van der Waals surface area contributed by atoms with Gasteiger partial charge in [0.15, 0.2) is 6.29 Å². The normalized spacial score (nSPS) is 26.1. The number of ether oxygens (including phenoxy) is 2. The smallest absolute Gasteiger partial charge is 0.186 e. The van der Waals surface area contributed by atoms with Crippen molar-refractivity contribution in [3.63, 3.8) is 0 Å². The zero-order valence-corrected chi connectivity index (χ0v) is 22.2. The van der Waals surface area contributed by atoms with Crippen molar-refractivity contribution in [1.29, 1.82) is 0 Å². The summed E-state index contributed by atoms with van der Waals surface area (Å²) < 4.78 is 11.4. The summed E-state index contributed by atoms with van der Waals surface area (Å²) in [6, 6.07) is 0. The molecule has 0 saturated carbocycles. The lowest BCUT2D eigenvalue weighted by Gasteiger charge is -2.40. The third-order valence-electron chi connectivity index (χ3n) is 7.28. The van der Waals surface area contributed by atoms with Gasteiger partial charge in [-0.15, -0.1) is 0 Å². The Kier molecular flexibility index (Phi) is 19.5. The SMILES string of the molecule is CCCCCCCCCCCCC(CCCCCCCC)COC1O[C@H](CO)[C@@H](O)C(O)[C@@H]1O. The van der Waals surface area contributed by atoms with Crippen molar-refractivity contribution in [2.24, 2.45) is 5.92 Å². The molecule has 1 aliphatic heterocycles. The first-order valence-electron chi connectivity index (χ1n) is 14.5. The van der Waals surface area contributed by atoms with Gasteiger partial charge >= 0.3 is 0 Å². The molecule has 204 valence electrons. The highest BCUT2D eigenvalue weighted by molar-refractivity contribution is 4.89. The predicted molar refractivity (Wildman–Crippen MR) is 138 cm³/mol. The van der Waals surface area contributed by atoms with E-state index in [1.54, 1.807) is 0 Å². The Morgan fingerprint density at radius 3 is 1.50 bits per heavy atom. The standard InChI is InChI=1S/C28H56O6/c1-3-5-7-9-11-12-13-14-16-18-20-23(19-17-15-10-8-6-4-2)22-33-28-27(32)26(31)25(30)24(21-29)34-28/h23-32H,3-22H2,1-2H3/t23?,24-,25-,26?,27+,28?/m1/s1. The molecular weight excluding hydrogens is 432 g/mol. The number of aliphatic hydroxyl groups is 4. The Morgan fingerprint density at radius 2 is 1.06 bits per heavy atom. The lowest BCUT2D eigenvalue weighted by Crippen LogP contribution is -2.59. The average Bonchev–Trinajstić information content (AvgIpc) is 2.84. The highest BCUT2D eigenvalue weighted by Gasteiger charge is 2.44. The van der Waals surface area contributed by atoms with Crippen LogP contribution in [-0.4, -0.2) is 64.3 Å². The Balaban J connectivity index is 2.35. The van der Waals surface area contributed by atoms with Crippen molar-refractivity contribution < 1.29 is 29.9 Å². The Bertz CT molecular complexity index is 447.